The molecule has 0 bridgehead atoms. The molecule has 0 aliphatic rings. The minimum absolute atomic E-state index is 0.550. The number of anilines is 1. The minimum Gasteiger partial charge on any atom is -0.375 e. The van der Waals surface area contributed by atoms with Gasteiger partial charge in [0.2, 0.25) is 0 Å². The predicted molar refractivity (Wildman–Crippen MR) is 66.7 cm³/mol. The monoisotopic (exact) mass is 258 g/mol. The van der Waals surface area contributed by atoms with E-state index < -0.39 is 0 Å². The van der Waals surface area contributed by atoms with Crippen LogP contribution in [-0.4, -0.2) is 4.98 Å². The van der Waals surface area contributed by atoms with Crippen LogP contribution in [0, 0.1) is 6.92 Å². The standard InChI is InChI=1S/C10H8Cl2N2S/c1-5-9(14-10(13)15-5)7-3-2-6(11)4-8(7)12/h2-4H,1H3,(H2,13,14). The average Bonchev–Trinajstić information content (AvgIpc) is 2.45. The first-order valence-electron chi connectivity index (χ1n) is 4.26. The van der Waals surface area contributed by atoms with Crippen LogP contribution >= 0.6 is 34.5 Å². The average molecular weight is 259 g/mol. The van der Waals surface area contributed by atoms with Crippen molar-refractivity contribution in [3.05, 3.63) is 33.1 Å². The first-order chi connectivity index (χ1) is 7.08. The summed E-state index contributed by atoms with van der Waals surface area (Å²) in [6.07, 6.45) is 0. The summed E-state index contributed by atoms with van der Waals surface area (Å²) in [7, 11) is 0. The maximum Gasteiger partial charge on any atom is 0.180 e. The fourth-order valence-electron chi connectivity index (χ4n) is 1.35. The number of nitrogens with zero attached hydrogens (tertiary/aromatic N) is 1. The van der Waals surface area contributed by atoms with Gasteiger partial charge < -0.3 is 5.73 Å². The predicted octanol–water partition coefficient (Wildman–Crippen LogP) is 4.01. The van der Waals surface area contributed by atoms with Gasteiger partial charge in [0.05, 0.1) is 10.7 Å². The van der Waals surface area contributed by atoms with Crippen molar-refractivity contribution in [2.24, 2.45) is 0 Å². The number of aromatic nitrogens is 1. The van der Waals surface area contributed by atoms with Gasteiger partial charge >= 0.3 is 0 Å². The third-order valence-corrected chi connectivity index (χ3v) is 3.35. The molecule has 0 aliphatic carbocycles. The molecule has 0 saturated carbocycles. The molecule has 0 aliphatic heterocycles. The van der Waals surface area contributed by atoms with Gasteiger partial charge in [-0.15, -0.1) is 11.3 Å². The van der Waals surface area contributed by atoms with Crippen LogP contribution in [0.4, 0.5) is 5.13 Å². The highest BCUT2D eigenvalue weighted by Crippen LogP contribution is 2.34. The Balaban J connectivity index is 2.59. The van der Waals surface area contributed by atoms with Gasteiger partial charge in [-0.25, -0.2) is 4.98 Å². The highest BCUT2D eigenvalue weighted by Gasteiger charge is 2.11. The molecule has 1 aromatic heterocycles. The smallest absolute Gasteiger partial charge is 0.180 e. The Morgan fingerprint density at radius 1 is 1.33 bits per heavy atom. The van der Waals surface area contributed by atoms with Gasteiger partial charge in [-0.05, 0) is 25.1 Å². The number of nitrogen functional groups attached to an aromatic ring is 1. The summed E-state index contributed by atoms with van der Waals surface area (Å²) in [6, 6.07) is 5.34. The van der Waals surface area contributed by atoms with Crippen molar-refractivity contribution in [3.8, 4) is 11.3 Å². The molecule has 0 radical (unpaired) electrons. The second kappa shape index (κ2) is 4.00. The Labute approximate surface area is 102 Å². The Bertz CT molecular complexity index is 508. The van der Waals surface area contributed by atoms with Gasteiger partial charge in [0.1, 0.15) is 0 Å². The van der Waals surface area contributed by atoms with Crippen molar-refractivity contribution in [1.29, 1.82) is 0 Å². The molecule has 1 heterocycles. The lowest BCUT2D eigenvalue weighted by atomic mass is 10.1. The van der Waals surface area contributed by atoms with Crippen molar-refractivity contribution < 1.29 is 0 Å². The second-order valence-corrected chi connectivity index (χ2v) is 5.16. The first-order valence-corrected chi connectivity index (χ1v) is 5.83. The summed E-state index contributed by atoms with van der Waals surface area (Å²) in [5, 5.41) is 1.76. The van der Waals surface area contributed by atoms with Crippen LogP contribution in [-0.2, 0) is 0 Å². The topological polar surface area (TPSA) is 38.9 Å². The Morgan fingerprint density at radius 3 is 2.60 bits per heavy atom. The van der Waals surface area contributed by atoms with E-state index in [1.807, 2.05) is 13.0 Å². The zero-order valence-electron chi connectivity index (χ0n) is 7.92. The van der Waals surface area contributed by atoms with Crippen molar-refractivity contribution in [2.45, 2.75) is 6.92 Å². The molecule has 5 heteroatoms. The third-order valence-electron chi connectivity index (χ3n) is 2.00. The Morgan fingerprint density at radius 2 is 2.07 bits per heavy atom. The molecular weight excluding hydrogens is 251 g/mol. The zero-order valence-corrected chi connectivity index (χ0v) is 10.2. The number of hydrogen-bond donors (Lipinski definition) is 1. The summed E-state index contributed by atoms with van der Waals surface area (Å²) in [5.74, 6) is 0. The molecule has 2 aromatic rings. The first kappa shape index (κ1) is 10.7. The maximum absolute atomic E-state index is 6.08. The fourth-order valence-corrected chi connectivity index (χ4v) is 2.55. The number of hydrogen-bond acceptors (Lipinski definition) is 3. The lowest BCUT2D eigenvalue weighted by Gasteiger charge is -2.02. The number of benzene rings is 1. The van der Waals surface area contributed by atoms with Gasteiger partial charge in [-0.1, -0.05) is 23.2 Å². The summed E-state index contributed by atoms with van der Waals surface area (Å²) >= 11 is 13.4. The van der Waals surface area contributed by atoms with E-state index in [0.29, 0.717) is 15.2 Å². The largest absolute Gasteiger partial charge is 0.375 e. The normalized spacial score (nSPS) is 10.6. The van der Waals surface area contributed by atoms with Gasteiger partial charge in [0.15, 0.2) is 5.13 Å². The molecular formula is C10H8Cl2N2S. The van der Waals surface area contributed by atoms with Crippen LogP contribution in [0.25, 0.3) is 11.3 Å². The van der Waals surface area contributed by atoms with Crippen LogP contribution in [0.1, 0.15) is 4.88 Å². The molecule has 2 nitrogen and oxygen atoms in total. The van der Waals surface area contributed by atoms with Crippen LogP contribution in [0.15, 0.2) is 18.2 Å². The molecule has 2 rings (SSSR count). The van der Waals surface area contributed by atoms with Gasteiger partial charge in [-0.2, -0.15) is 0 Å². The zero-order chi connectivity index (χ0) is 11.0. The van der Waals surface area contributed by atoms with E-state index in [-0.39, 0.29) is 0 Å². The van der Waals surface area contributed by atoms with Crippen molar-refractivity contribution in [1.82, 2.24) is 4.98 Å². The quantitative estimate of drug-likeness (QED) is 0.840. The van der Waals surface area contributed by atoms with Crippen LogP contribution in [0.5, 0.6) is 0 Å². The lowest BCUT2D eigenvalue weighted by Crippen LogP contribution is -1.85. The van der Waals surface area contributed by atoms with Crippen molar-refractivity contribution in [3.63, 3.8) is 0 Å². The summed E-state index contributed by atoms with van der Waals surface area (Å²) in [5.41, 5.74) is 7.33. The summed E-state index contributed by atoms with van der Waals surface area (Å²) < 4.78 is 0. The van der Waals surface area contributed by atoms with E-state index >= 15 is 0 Å². The lowest BCUT2D eigenvalue weighted by molar-refractivity contribution is 1.38. The number of rotatable bonds is 1. The Hall–Kier alpha value is -0.770. The molecule has 1 aromatic carbocycles. The molecule has 0 amide bonds. The van der Waals surface area contributed by atoms with E-state index in [9.17, 15) is 0 Å². The third kappa shape index (κ3) is 2.09. The van der Waals surface area contributed by atoms with Crippen LogP contribution in [0.3, 0.4) is 0 Å². The number of nitrogens with two attached hydrogens (primary N) is 1. The molecule has 0 atom stereocenters. The SMILES string of the molecule is Cc1sc(N)nc1-c1ccc(Cl)cc1Cl. The van der Waals surface area contributed by atoms with E-state index in [1.54, 1.807) is 12.1 Å². The van der Waals surface area contributed by atoms with E-state index in [0.717, 1.165) is 16.1 Å². The summed E-state index contributed by atoms with van der Waals surface area (Å²) in [6.45, 7) is 1.97. The molecule has 0 saturated heterocycles. The van der Waals surface area contributed by atoms with Crippen molar-refractivity contribution >= 4 is 39.7 Å². The summed E-state index contributed by atoms with van der Waals surface area (Å²) in [4.78, 5) is 5.29. The molecule has 78 valence electrons. The van der Waals surface area contributed by atoms with Crippen LogP contribution in [0.2, 0.25) is 10.0 Å². The number of thiazole rings is 1. The van der Waals surface area contributed by atoms with E-state index in [1.165, 1.54) is 11.3 Å². The molecule has 2 N–H and O–H groups in total. The van der Waals surface area contributed by atoms with Gasteiger partial charge in [0.25, 0.3) is 0 Å². The Kier molecular flexibility index (Phi) is 2.87. The van der Waals surface area contributed by atoms with Gasteiger partial charge in [-0.3, -0.25) is 0 Å². The number of aryl methyl sites for hydroxylation is 1. The molecule has 0 spiro atoms. The fraction of sp³-hybridized carbons (Fsp3) is 0.100. The maximum atomic E-state index is 6.08. The van der Waals surface area contributed by atoms with Gasteiger partial charge in [0, 0.05) is 15.5 Å². The second-order valence-electron chi connectivity index (χ2n) is 3.08. The van der Waals surface area contributed by atoms with Crippen LogP contribution < -0.4 is 5.73 Å². The number of halogens is 2. The molecule has 0 fully saturated rings. The molecule has 15 heavy (non-hydrogen) atoms. The van der Waals surface area contributed by atoms with Crippen molar-refractivity contribution in [2.75, 3.05) is 5.73 Å². The minimum atomic E-state index is 0.550. The highest BCUT2D eigenvalue weighted by atomic mass is 35.5. The molecule has 0 unspecified atom stereocenters. The van der Waals surface area contributed by atoms with E-state index in [2.05, 4.69) is 4.98 Å². The van der Waals surface area contributed by atoms with E-state index in [4.69, 9.17) is 28.9 Å². The highest BCUT2D eigenvalue weighted by molar-refractivity contribution is 7.15.